The second-order valence-corrected chi connectivity index (χ2v) is 4.10. The molecule has 2 fully saturated rings. The molecule has 2 amide bonds. The van der Waals surface area contributed by atoms with Gasteiger partial charge in [0.2, 0.25) is 11.8 Å². The highest BCUT2D eigenvalue weighted by Crippen LogP contribution is 2.44. The van der Waals surface area contributed by atoms with Gasteiger partial charge in [0.15, 0.2) is 0 Å². The zero-order valence-electron chi connectivity index (χ0n) is 7.33. The zero-order chi connectivity index (χ0) is 8.88. The van der Waals surface area contributed by atoms with Crippen LogP contribution in [0, 0.1) is 23.7 Å². The van der Waals surface area contributed by atoms with Gasteiger partial charge in [0.1, 0.15) is 0 Å². The Morgan fingerprint density at radius 3 is 1.92 bits per heavy atom. The molecule has 0 bridgehead atoms. The number of carbonyl (C=O) groups excluding carboxylic acids is 2. The minimum atomic E-state index is -0.0538. The van der Waals surface area contributed by atoms with Crippen LogP contribution in [0.15, 0.2) is 0 Å². The van der Waals surface area contributed by atoms with Crippen LogP contribution in [0.5, 0.6) is 0 Å². The quantitative estimate of drug-likeness (QED) is 0.535. The molecule has 3 nitrogen and oxygen atoms in total. The molecule has 1 aliphatic carbocycles. The summed E-state index contributed by atoms with van der Waals surface area (Å²) in [4.78, 5) is 22.6. The van der Waals surface area contributed by atoms with Gasteiger partial charge in [-0.1, -0.05) is 13.8 Å². The number of amides is 2. The van der Waals surface area contributed by atoms with Gasteiger partial charge in [0.25, 0.3) is 0 Å². The lowest BCUT2D eigenvalue weighted by atomic mass is 9.91. The molecule has 1 heterocycles. The van der Waals surface area contributed by atoms with E-state index in [1.165, 1.54) is 0 Å². The van der Waals surface area contributed by atoms with Crippen molar-refractivity contribution in [2.24, 2.45) is 23.7 Å². The molecule has 0 aromatic rings. The molecule has 0 spiro atoms. The summed E-state index contributed by atoms with van der Waals surface area (Å²) in [6.07, 6.45) is 1.01. The summed E-state index contributed by atoms with van der Waals surface area (Å²) < 4.78 is 0. The van der Waals surface area contributed by atoms with E-state index >= 15 is 0 Å². The molecule has 1 saturated carbocycles. The van der Waals surface area contributed by atoms with Crippen LogP contribution in [0.25, 0.3) is 0 Å². The third kappa shape index (κ3) is 0.822. The monoisotopic (exact) mass is 167 g/mol. The molecule has 3 heteroatoms. The van der Waals surface area contributed by atoms with E-state index in [1.807, 2.05) is 0 Å². The standard InChI is InChI=1S/C9H13NO2/c1-4-3-5(2)7-6(4)8(11)10-9(7)12/h4-7H,3H2,1-2H3,(H,10,11,12)/t4-,5+,6-,7+. The number of nitrogens with one attached hydrogen (secondary N) is 1. The molecule has 0 aromatic carbocycles. The molecule has 1 saturated heterocycles. The SMILES string of the molecule is C[C@@H]1C[C@H](C)[C@@H]2C(=O)NC(=O)[C@@H]21. The Kier molecular flexibility index (Phi) is 1.50. The van der Waals surface area contributed by atoms with Gasteiger partial charge in [-0.3, -0.25) is 14.9 Å². The summed E-state index contributed by atoms with van der Waals surface area (Å²) in [6.45, 7) is 4.11. The van der Waals surface area contributed by atoms with E-state index in [2.05, 4.69) is 19.2 Å². The third-order valence-corrected chi connectivity index (χ3v) is 3.21. The second-order valence-electron chi connectivity index (χ2n) is 4.10. The van der Waals surface area contributed by atoms with E-state index in [4.69, 9.17) is 0 Å². The largest absolute Gasteiger partial charge is 0.296 e. The van der Waals surface area contributed by atoms with E-state index in [0.717, 1.165) is 6.42 Å². The Morgan fingerprint density at radius 1 is 1.08 bits per heavy atom. The van der Waals surface area contributed by atoms with Crippen LogP contribution in [0.2, 0.25) is 0 Å². The minimum Gasteiger partial charge on any atom is -0.296 e. The highest BCUT2D eigenvalue weighted by atomic mass is 16.2. The van der Waals surface area contributed by atoms with Crippen molar-refractivity contribution in [3.8, 4) is 0 Å². The van der Waals surface area contributed by atoms with Crippen molar-refractivity contribution in [1.29, 1.82) is 0 Å². The first-order valence-corrected chi connectivity index (χ1v) is 4.46. The maximum atomic E-state index is 11.3. The molecule has 0 unspecified atom stereocenters. The Hall–Kier alpha value is -0.860. The lowest BCUT2D eigenvalue weighted by molar-refractivity contribution is -0.127. The van der Waals surface area contributed by atoms with Gasteiger partial charge in [0, 0.05) is 0 Å². The Labute approximate surface area is 71.5 Å². The van der Waals surface area contributed by atoms with Crippen molar-refractivity contribution in [3.63, 3.8) is 0 Å². The van der Waals surface area contributed by atoms with Crippen LogP contribution in [-0.4, -0.2) is 11.8 Å². The van der Waals surface area contributed by atoms with Crippen molar-refractivity contribution < 1.29 is 9.59 Å². The lowest BCUT2D eigenvalue weighted by Gasteiger charge is -2.08. The van der Waals surface area contributed by atoms with Gasteiger partial charge in [-0.2, -0.15) is 0 Å². The molecule has 4 atom stereocenters. The molecule has 1 N–H and O–H groups in total. The number of hydrogen-bond acceptors (Lipinski definition) is 2. The summed E-state index contributed by atoms with van der Waals surface area (Å²) in [5, 5.41) is 2.40. The van der Waals surface area contributed by atoms with E-state index in [9.17, 15) is 9.59 Å². The summed E-state index contributed by atoms with van der Waals surface area (Å²) >= 11 is 0. The molecule has 1 aliphatic heterocycles. The molecule has 2 aliphatic rings. The van der Waals surface area contributed by atoms with Gasteiger partial charge in [-0.15, -0.1) is 0 Å². The van der Waals surface area contributed by atoms with E-state index in [-0.39, 0.29) is 23.7 Å². The van der Waals surface area contributed by atoms with Crippen molar-refractivity contribution in [3.05, 3.63) is 0 Å². The van der Waals surface area contributed by atoms with Gasteiger partial charge in [-0.25, -0.2) is 0 Å². The number of rotatable bonds is 0. The summed E-state index contributed by atoms with van der Waals surface area (Å²) in [5.41, 5.74) is 0. The van der Waals surface area contributed by atoms with Crippen LogP contribution >= 0.6 is 0 Å². The Balaban J connectivity index is 2.32. The second kappa shape index (κ2) is 2.31. The molecule has 66 valence electrons. The predicted molar refractivity (Wildman–Crippen MR) is 43.1 cm³/mol. The smallest absolute Gasteiger partial charge is 0.230 e. The van der Waals surface area contributed by atoms with Crippen molar-refractivity contribution >= 4 is 11.8 Å². The fourth-order valence-electron chi connectivity index (χ4n) is 2.72. The highest BCUT2D eigenvalue weighted by Gasteiger charge is 2.51. The number of imide groups is 1. The van der Waals surface area contributed by atoms with Crippen molar-refractivity contribution in [2.45, 2.75) is 20.3 Å². The average molecular weight is 167 g/mol. The van der Waals surface area contributed by atoms with E-state index < -0.39 is 0 Å². The lowest BCUT2D eigenvalue weighted by Crippen LogP contribution is -2.25. The minimum absolute atomic E-state index is 0.0347. The Bertz CT molecular complexity index is 225. The summed E-state index contributed by atoms with van der Waals surface area (Å²) in [6, 6.07) is 0. The first-order chi connectivity index (χ1) is 5.61. The average Bonchev–Trinajstić information content (AvgIpc) is 2.38. The molecule has 0 aromatic heterocycles. The zero-order valence-corrected chi connectivity index (χ0v) is 7.33. The predicted octanol–water partition coefficient (Wildman–Crippen LogP) is 0.551. The summed E-state index contributed by atoms with van der Waals surface area (Å²) in [5.74, 6) is 0.566. The van der Waals surface area contributed by atoms with Gasteiger partial charge in [0.05, 0.1) is 11.8 Å². The maximum Gasteiger partial charge on any atom is 0.230 e. The van der Waals surface area contributed by atoms with Crippen molar-refractivity contribution in [2.75, 3.05) is 0 Å². The topological polar surface area (TPSA) is 46.2 Å². The fraction of sp³-hybridized carbons (Fsp3) is 0.778. The number of fused-ring (bicyclic) bond motifs is 1. The first kappa shape index (κ1) is 7.77. The number of carbonyl (C=O) groups is 2. The summed E-state index contributed by atoms with van der Waals surface area (Å²) in [7, 11) is 0. The van der Waals surface area contributed by atoms with Crippen molar-refractivity contribution in [1.82, 2.24) is 5.32 Å². The number of hydrogen-bond donors (Lipinski definition) is 1. The maximum absolute atomic E-state index is 11.3. The first-order valence-electron chi connectivity index (χ1n) is 4.46. The third-order valence-electron chi connectivity index (χ3n) is 3.21. The molecule has 12 heavy (non-hydrogen) atoms. The van der Waals surface area contributed by atoms with Gasteiger partial charge < -0.3 is 0 Å². The molecule has 2 rings (SSSR count). The van der Waals surface area contributed by atoms with Crippen LogP contribution in [0.4, 0.5) is 0 Å². The normalized spacial score (nSPS) is 46.2. The Morgan fingerprint density at radius 2 is 1.50 bits per heavy atom. The highest BCUT2D eigenvalue weighted by molar-refractivity contribution is 6.05. The van der Waals surface area contributed by atoms with E-state index in [1.54, 1.807) is 0 Å². The van der Waals surface area contributed by atoms with Crippen LogP contribution in [0.1, 0.15) is 20.3 Å². The fourth-order valence-corrected chi connectivity index (χ4v) is 2.72. The molecule has 0 radical (unpaired) electrons. The molecular weight excluding hydrogens is 154 g/mol. The van der Waals surface area contributed by atoms with Crippen LogP contribution in [-0.2, 0) is 9.59 Å². The van der Waals surface area contributed by atoms with E-state index in [0.29, 0.717) is 11.8 Å². The van der Waals surface area contributed by atoms with Crippen LogP contribution in [0.3, 0.4) is 0 Å². The van der Waals surface area contributed by atoms with Gasteiger partial charge >= 0.3 is 0 Å². The van der Waals surface area contributed by atoms with Gasteiger partial charge in [-0.05, 0) is 18.3 Å². The van der Waals surface area contributed by atoms with Crippen LogP contribution < -0.4 is 5.32 Å². The molecular formula is C9H13NO2.